The highest BCUT2D eigenvalue weighted by atomic mass is 28.3. The number of rotatable bonds is 20. The molecule has 0 aliphatic rings. The van der Waals surface area contributed by atoms with Gasteiger partial charge < -0.3 is 9.47 Å². The fraction of sp³-hybridized carbons (Fsp3) is 0.769. The van der Waals surface area contributed by atoms with E-state index in [9.17, 15) is 0 Å². The minimum atomic E-state index is -1.04. The number of para-hydroxylation sites is 1. The molecule has 0 saturated heterocycles. The highest BCUT2D eigenvalue weighted by molar-refractivity contribution is 6.77. The Bertz CT molecular complexity index is 461. The minimum absolute atomic E-state index is 0.848. The van der Waals surface area contributed by atoms with Crippen molar-refractivity contribution in [2.45, 2.75) is 109 Å². The van der Waals surface area contributed by atoms with Crippen molar-refractivity contribution in [3.63, 3.8) is 0 Å². The lowest BCUT2D eigenvalue weighted by Gasteiger charge is -2.22. The molecule has 1 aromatic carbocycles. The molecule has 168 valence electrons. The number of unbranched alkanes of at least 4 members (excludes halogenated alkanes) is 9. The molecule has 0 unspecified atom stereocenters. The van der Waals surface area contributed by atoms with E-state index in [0.717, 1.165) is 25.6 Å². The van der Waals surface area contributed by atoms with Crippen LogP contribution >= 0.6 is 0 Å². The Kier molecular flexibility index (Phi) is 16.3. The summed E-state index contributed by atoms with van der Waals surface area (Å²) in [6.45, 7) is 10.2. The number of hydrogen-bond acceptors (Lipinski definition) is 2. The Morgan fingerprint density at radius 2 is 1.14 bits per heavy atom. The van der Waals surface area contributed by atoms with Crippen LogP contribution < -0.4 is 4.74 Å². The first kappa shape index (κ1) is 26.2. The van der Waals surface area contributed by atoms with E-state index >= 15 is 0 Å². The smallest absolute Gasteiger partial charge is 0.119 e. The third kappa shape index (κ3) is 16.7. The van der Waals surface area contributed by atoms with E-state index in [1.54, 1.807) is 0 Å². The van der Waals surface area contributed by atoms with E-state index in [0.29, 0.717) is 0 Å². The highest BCUT2D eigenvalue weighted by Crippen LogP contribution is 2.21. The van der Waals surface area contributed by atoms with E-state index in [2.05, 4.69) is 20.0 Å². The van der Waals surface area contributed by atoms with Crippen LogP contribution in [0.15, 0.2) is 30.3 Å². The van der Waals surface area contributed by atoms with Gasteiger partial charge in [-0.3, -0.25) is 0 Å². The van der Waals surface area contributed by atoms with Gasteiger partial charge in [-0.2, -0.15) is 0 Å². The summed E-state index contributed by atoms with van der Waals surface area (Å²) in [4.78, 5) is 0. The average Bonchev–Trinajstić information content (AvgIpc) is 2.72. The van der Waals surface area contributed by atoms with Crippen molar-refractivity contribution in [1.82, 2.24) is 0 Å². The summed E-state index contributed by atoms with van der Waals surface area (Å²) in [5.74, 6) is 0.996. The predicted molar refractivity (Wildman–Crippen MR) is 131 cm³/mol. The maximum Gasteiger partial charge on any atom is 0.119 e. The summed E-state index contributed by atoms with van der Waals surface area (Å²) in [5.41, 5.74) is 0. The van der Waals surface area contributed by atoms with Gasteiger partial charge in [0.2, 0.25) is 0 Å². The Morgan fingerprint density at radius 3 is 1.76 bits per heavy atom. The highest BCUT2D eigenvalue weighted by Gasteiger charge is 2.19. The second kappa shape index (κ2) is 18.0. The van der Waals surface area contributed by atoms with Crippen molar-refractivity contribution in [1.29, 1.82) is 0 Å². The molecule has 0 spiro atoms. The van der Waals surface area contributed by atoms with Crippen molar-refractivity contribution in [3.05, 3.63) is 30.3 Å². The van der Waals surface area contributed by atoms with Crippen LogP contribution in [0.4, 0.5) is 0 Å². The largest absolute Gasteiger partial charge is 0.494 e. The third-order valence-corrected chi connectivity index (χ3v) is 9.21. The average molecular weight is 421 g/mol. The van der Waals surface area contributed by atoms with Gasteiger partial charge in [0, 0.05) is 21.3 Å². The van der Waals surface area contributed by atoms with Gasteiger partial charge >= 0.3 is 0 Å². The lowest BCUT2D eigenvalue weighted by atomic mass is 10.1. The lowest BCUT2D eigenvalue weighted by Crippen LogP contribution is -2.24. The zero-order valence-electron chi connectivity index (χ0n) is 19.7. The molecule has 1 aromatic rings. The number of ether oxygens (including phenoxy) is 2. The zero-order valence-corrected chi connectivity index (χ0v) is 20.7. The van der Waals surface area contributed by atoms with Gasteiger partial charge in [-0.05, 0) is 31.4 Å². The molecule has 0 radical (unpaired) electrons. The van der Waals surface area contributed by atoms with E-state index in [-0.39, 0.29) is 0 Å². The molecule has 0 amide bonds. The first-order valence-corrected chi connectivity index (χ1v) is 15.8. The Morgan fingerprint density at radius 1 is 0.621 bits per heavy atom. The fourth-order valence-electron chi connectivity index (χ4n) is 3.79. The SMILES string of the molecule is CCCCCCCCCCOCCCC[Si](C)(C)CCCCOc1ccccc1. The van der Waals surface area contributed by atoms with Crippen LogP contribution in [0.3, 0.4) is 0 Å². The molecule has 0 bridgehead atoms. The standard InChI is InChI=1S/C26H48O2Si/c1-4-5-6-7-8-9-10-14-21-27-22-15-17-24-29(2,3)25-18-16-23-28-26-19-12-11-13-20-26/h11-13,19-20H,4-10,14-18,21-25H2,1-3H3. The van der Waals surface area contributed by atoms with E-state index in [1.807, 2.05) is 30.3 Å². The molecule has 2 nitrogen and oxygen atoms in total. The number of benzene rings is 1. The summed E-state index contributed by atoms with van der Waals surface area (Å²) in [6, 6.07) is 13.0. The van der Waals surface area contributed by atoms with Crippen LogP contribution in [0, 0.1) is 0 Å². The van der Waals surface area contributed by atoms with Gasteiger partial charge in [-0.1, -0.05) is 108 Å². The van der Waals surface area contributed by atoms with Crippen molar-refractivity contribution >= 4 is 8.07 Å². The van der Waals surface area contributed by atoms with Gasteiger partial charge in [0.15, 0.2) is 0 Å². The van der Waals surface area contributed by atoms with Crippen LogP contribution in [0.2, 0.25) is 25.2 Å². The van der Waals surface area contributed by atoms with Gasteiger partial charge in [-0.25, -0.2) is 0 Å². The maximum absolute atomic E-state index is 5.85. The summed E-state index contributed by atoms with van der Waals surface area (Å²) in [7, 11) is -1.04. The van der Waals surface area contributed by atoms with E-state index in [1.165, 1.54) is 89.1 Å². The van der Waals surface area contributed by atoms with Crippen LogP contribution in [0.25, 0.3) is 0 Å². The molecular formula is C26H48O2Si. The number of hydrogen-bond donors (Lipinski definition) is 0. The quantitative estimate of drug-likeness (QED) is 0.155. The monoisotopic (exact) mass is 420 g/mol. The Labute approximate surface area is 182 Å². The normalized spacial score (nSPS) is 11.7. The third-order valence-electron chi connectivity index (χ3n) is 5.79. The second-order valence-electron chi connectivity index (χ2n) is 9.33. The first-order chi connectivity index (χ1) is 14.1. The van der Waals surface area contributed by atoms with Crippen LogP contribution in [0.5, 0.6) is 5.75 Å². The molecule has 3 heteroatoms. The molecule has 29 heavy (non-hydrogen) atoms. The minimum Gasteiger partial charge on any atom is -0.494 e. The Balaban J connectivity index is 1.85. The van der Waals surface area contributed by atoms with Crippen molar-refractivity contribution in [3.8, 4) is 5.75 Å². The van der Waals surface area contributed by atoms with E-state index in [4.69, 9.17) is 9.47 Å². The molecule has 0 aliphatic heterocycles. The maximum atomic E-state index is 5.85. The molecular weight excluding hydrogens is 372 g/mol. The summed E-state index contributed by atoms with van der Waals surface area (Å²) in [6.07, 6.45) is 16.1. The van der Waals surface area contributed by atoms with Gasteiger partial charge in [-0.15, -0.1) is 0 Å². The summed E-state index contributed by atoms with van der Waals surface area (Å²) in [5, 5.41) is 0. The fourth-order valence-corrected chi connectivity index (χ4v) is 6.45. The molecule has 0 fully saturated rings. The van der Waals surface area contributed by atoms with Gasteiger partial charge in [0.25, 0.3) is 0 Å². The van der Waals surface area contributed by atoms with Crippen LogP contribution in [-0.4, -0.2) is 27.9 Å². The van der Waals surface area contributed by atoms with E-state index < -0.39 is 8.07 Å². The Hall–Kier alpha value is -0.803. The molecule has 0 aromatic heterocycles. The topological polar surface area (TPSA) is 18.5 Å². The van der Waals surface area contributed by atoms with Crippen molar-refractivity contribution < 1.29 is 9.47 Å². The molecule has 0 atom stereocenters. The predicted octanol–water partition coefficient (Wildman–Crippen LogP) is 8.49. The van der Waals surface area contributed by atoms with Crippen LogP contribution in [-0.2, 0) is 4.74 Å². The molecule has 0 saturated carbocycles. The molecule has 0 heterocycles. The zero-order chi connectivity index (χ0) is 21.0. The second-order valence-corrected chi connectivity index (χ2v) is 14.7. The van der Waals surface area contributed by atoms with Crippen molar-refractivity contribution in [2.75, 3.05) is 19.8 Å². The van der Waals surface area contributed by atoms with Crippen LogP contribution in [0.1, 0.15) is 84.0 Å². The summed E-state index contributed by atoms with van der Waals surface area (Å²) >= 11 is 0. The first-order valence-electron chi connectivity index (χ1n) is 12.4. The van der Waals surface area contributed by atoms with Crippen molar-refractivity contribution in [2.24, 2.45) is 0 Å². The molecule has 1 rings (SSSR count). The van der Waals surface area contributed by atoms with Gasteiger partial charge in [0.05, 0.1) is 6.61 Å². The molecule has 0 N–H and O–H groups in total. The lowest BCUT2D eigenvalue weighted by molar-refractivity contribution is 0.127. The van der Waals surface area contributed by atoms with Gasteiger partial charge in [0.1, 0.15) is 5.75 Å². The summed E-state index contributed by atoms with van der Waals surface area (Å²) < 4.78 is 11.6. The molecule has 0 aliphatic carbocycles.